The Kier molecular flexibility index (Phi) is 5.54. The fraction of sp³-hybridized carbons (Fsp3) is 0.185. The molecular formula is C27H22ClNO3. The van der Waals surface area contributed by atoms with E-state index in [1.165, 1.54) is 0 Å². The molecule has 0 saturated heterocycles. The van der Waals surface area contributed by atoms with Crippen molar-refractivity contribution in [3.8, 4) is 11.5 Å². The zero-order chi connectivity index (χ0) is 22.1. The Balaban J connectivity index is 1.49. The predicted octanol–water partition coefficient (Wildman–Crippen LogP) is 6.66. The van der Waals surface area contributed by atoms with E-state index in [-0.39, 0.29) is 24.0 Å². The van der Waals surface area contributed by atoms with Crippen LogP contribution < -0.4 is 9.64 Å². The Morgan fingerprint density at radius 1 is 0.812 bits per heavy atom. The molecule has 1 unspecified atom stereocenters. The molecule has 1 amide bonds. The third kappa shape index (κ3) is 3.94. The molecule has 0 radical (unpaired) electrons. The summed E-state index contributed by atoms with van der Waals surface area (Å²) in [5.41, 5.74) is 3.31. The first kappa shape index (κ1) is 20.5. The topological polar surface area (TPSA) is 46.6 Å². The van der Waals surface area contributed by atoms with Crippen LogP contribution in [0, 0.1) is 0 Å². The number of hydrogen-bond donors (Lipinski definition) is 0. The number of carbonyl (C=O) groups excluding carboxylic acids is 2. The number of benzene rings is 3. The van der Waals surface area contributed by atoms with Crippen molar-refractivity contribution in [2.24, 2.45) is 0 Å². The molecule has 0 aromatic heterocycles. The van der Waals surface area contributed by atoms with Crippen molar-refractivity contribution in [3.05, 3.63) is 101 Å². The molecule has 3 aromatic carbocycles. The number of amides is 1. The summed E-state index contributed by atoms with van der Waals surface area (Å²) in [5, 5.41) is 0.638. The maximum absolute atomic E-state index is 13.3. The van der Waals surface area contributed by atoms with E-state index in [1.54, 1.807) is 4.90 Å². The Morgan fingerprint density at radius 2 is 1.50 bits per heavy atom. The largest absolute Gasteiger partial charge is 0.457 e. The van der Waals surface area contributed by atoms with Crippen molar-refractivity contribution in [1.29, 1.82) is 0 Å². The van der Waals surface area contributed by atoms with Crippen LogP contribution in [0.4, 0.5) is 5.69 Å². The highest BCUT2D eigenvalue weighted by Crippen LogP contribution is 2.43. The second-order valence-electron chi connectivity index (χ2n) is 8.08. The Bertz CT molecular complexity index is 1180. The molecule has 1 aliphatic heterocycles. The van der Waals surface area contributed by atoms with Gasteiger partial charge < -0.3 is 4.74 Å². The summed E-state index contributed by atoms with van der Waals surface area (Å²) in [7, 11) is 0. The number of rotatable bonds is 4. The van der Waals surface area contributed by atoms with Gasteiger partial charge in [-0.1, -0.05) is 41.9 Å². The first-order chi connectivity index (χ1) is 15.6. The van der Waals surface area contributed by atoms with E-state index in [2.05, 4.69) is 0 Å². The van der Waals surface area contributed by atoms with E-state index in [4.69, 9.17) is 16.3 Å². The fourth-order valence-corrected chi connectivity index (χ4v) is 4.69. The van der Waals surface area contributed by atoms with E-state index in [9.17, 15) is 9.59 Å². The SMILES string of the molecule is O=C1CCCC2=C1C(c1ccc(Cl)cc1)CC(=O)N2c1ccc(Oc2ccccc2)cc1. The summed E-state index contributed by atoms with van der Waals surface area (Å²) in [6.07, 6.45) is 2.24. The normalized spacial score (nSPS) is 18.5. The van der Waals surface area contributed by atoms with Gasteiger partial charge in [-0.25, -0.2) is 0 Å². The molecule has 1 aliphatic carbocycles. The van der Waals surface area contributed by atoms with Crippen LogP contribution in [0.2, 0.25) is 5.02 Å². The quantitative estimate of drug-likeness (QED) is 0.453. The van der Waals surface area contributed by atoms with Gasteiger partial charge >= 0.3 is 0 Å². The summed E-state index contributed by atoms with van der Waals surface area (Å²) in [5.74, 6) is 1.35. The molecule has 2 aliphatic rings. The number of para-hydroxylation sites is 1. The molecule has 160 valence electrons. The van der Waals surface area contributed by atoms with Gasteiger partial charge in [0, 0.05) is 40.7 Å². The number of hydrogen-bond acceptors (Lipinski definition) is 3. The number of ketones is 1. The van der Waals surface area contributed by atoms with Gasteiger partial charge in [0.05, 0.1) is 0 Å². The van der Waals surface area contributed by atoms with Crippen molar-refractivity contribution < 1.29 is 14.3 Å². The van der Waals surface area contributed by atoms with E-state index < -0.39 is 0 Å². The highest BCUT2D eigenvalue weighted by atomic mass is 35.5. The fourth-order valence-electron chi connectivity index (χ4n) is 4.56. The lowest BCUT2D eigenvalue weighted by atomic mass is 9.77. The van der Waals surface area contributed by atoms with Crippen molar-refractivity contribution in [2.45, 2.75) is 31.6 Å². The molecule has 3 aromatic rings. The zero-order valence-electron chi connectivity index (χ0n) is 17.5. The van der Waals surface area contributed by atoms with Crippen LogP contribution in [-0.4, -0.2) is 11.7 Å². The number of carbonyl (C=O) groups is 2. The second-order valence-corrected chi connectivity index (χ2v) is 8.52. The van der Waals surface area contributed by atoms with Gasteiger partial charge in [-0.15, -0.1) is 0 Å². The highest BCUT2D eigenvalue weighted by Gasteiger charge is 2.39. The van der Waals surface area contributed by atoms with Gasteiger partial charge in [-0.05, 0) is 66.9 Å². The van der Waals surface area contributed by atoms with E-state index in [0.29, 0.717) is 23.6 Å². The summed E-state index contributed by atoms with van der Waals surface area (Å²) >= 11 is 6.05. The first-order valence-corrected chi connectivity index (χ1v) is 11.2. The molecule has 0 fully saturated rings. The summed E-state index contributed by atoms with van der Waals surface area (Å²) in [6.45, 7) is 0. The molecule has 4 nitrogen and oxygen atoms in total. The zero-order valence-corrected chi connectivity index (χ0v) is 18.2. The number of halogens is 1. The summed E-state index contributed by atoms with van der Waals surface area (Å²) in [6, 6.07) is 24.5. The lowest BCUT2D eigenvalue weighted by Gasteiger charge is -2.38. The van der Waals surface area contributed by atoms with Crippen LogP contribution in [0.1, 0.15) is 37.2 Å². The number of nitrogens with zero attached hydrogens (tertiary/aromatic N) is 1. The van der Waals surface area contributed by atoms with Gasteiger partial charge in [-0.3, -0.25) is 14.5 Å². The third-order valence-corrected chi connectivity index (χ3v) is 6.27. The molecule has 5 heteroatoms. The number of Topliss-reactive ketones (excluding diaryl/α,β-unsaturated/α-hetero) is 1. The highest BCUT2D eigenvalue weighted by molar-refractivity contribution is 6.30. The number of ether oxygens (including phenoxy) is 1. The van der Waals surface area contributed by atoms with Crippen LogP contribution in [0.25, 0.3) is 0 Å². The third-order valence-electron chi connectivity index (χ3n) is 6.02. The van der Waals surface area contributed by atoms with Crippen LogP contribution in [0.15, 0.2) is 90.1 Å². The molecule has 0 N–H and O–H groups in total. The average molecular weight is 444 g/mol. The van der Waals surface area contributed by atoms with Gasteiger partial charge in [0.15, 0.2) is 5.78 Å². The van der Waals surface area contributed by atoms with Crippen molar-refractivity contribution >= 4 is 29.0 Å². The Labute approximate surface area is 192 Å². The van der Waals surface area contributed by atoms with Crippen molar-refractivity contribution in [2.75, 3.05) is 4.90 Å². The van der Waals surface area contributed by atoms with Crippen molar-refractivity contribution in [3.63, 3.8) is 0 Å². The molecule has 1 atom stereocenters. The monoisotopic (exact) mass is 443 g/mol. The Morgan fingerprint density at radius 3 is 2.22 bits per heavy atom. The smallest absolute Gasteiger partial charge is 0.232 e. The van der Waals surface area contributed by atoms with E-state index in [1.807, 2.05) is 78.9 Å². The van der Waals surface area contributed by atoms with Crippen molar-refractivity contribution in [1.82, 2.24) is 0 Å². The average Bonchev–Trinajstić information content (AvgIpc) is 2.81. The molecular weight excluding hydrogens is 422 g/mol. The minimum atomic E-state index is -0.223. The molecule has 0 saturated carbocycles. The van der Waals surface area contributed by atoms with Gasteiger partial charge in [0.2, 0.25) is 5.91 Å². The first-order valence-electron chi connectivity index (χ1n) is 10.8. The number of anilines is 1. The lowest BCUT2D eigenvalue weighted by molar-refractivity contribution is -0.119. The lowest BCUT2D eigenvalue weighted by Crippen LogP contribution is -2.40. The van der Waals surface area contributed by atoms with Crippen LogP contribution in [0.5, 0.6) is 11.5 Å². The molecule has 5 rings (SSSR count). The van der Waals surface area contributed by atoms with Crippen LogP contribution >= 0.6 is 11.6 Å². The van der Waals surface area contributed by atoms with Crippen LogP contribution in [0.3, 0.4) is 0 Å². The van der Waals surface area contributed by atoms with Gasteiger partial charge in [-0.2, -0.15) is 0 Å². The molecule has 1 heterocycles. The predicted molar refractivity (Wildman–Crippen MR) is 125 cm³/mol. The maximum atomic E-state index is 13.3. The summed E-state index contributed by atoms with van der Waals surface area (Å²) in [4.78, 5) is 28.0. The summed E-state index contributed by atoms with van der Waals surface area (Å²) < 4.78 is 5.88. The molecule has 0 bridgehead atoms. The van der Waals surface area contributed by atoms with E-state index in [0.717, 1.165) is 34.7 Å². The molecule has 0 spiro atoms. The molecule has 32 heavy (non-hydrogen) atoms. The minimum Gasteiger partial charge on any atom is -0.457 e. The Hall–Kier alpha value is -3.37. The maximum Gasteiger partial charge on any atom is 0.232 e. The van der Waals surface area contributed by atoms with Crippen LogP contribution in [-0.2, 0) is 9.59 Å². The van der Waals surface area contributed by atoms with Gasteiger partial charge in [0.1, 0.15) is 11.5 Å². The second kappa shape index (κ2) is 8.64. The van der Waals surface area contributed by atoms with Gasteiger partial charge in [0.25, 0.3) is 0 Å². The number of allylic oxidation sites excluding steroid dienone is 2. The minimum absolute atomic E-state index is 0.00451. The van der Waals surface area contributed by atoms with E-state index >= 15 is 0 Å². The standard InChI is InChI=1S/C27H22ClNO3/c28-19-11-9-18(10-12-19)23-17-26(31)29(24-7-4-8-25(30)27(23)24)20-13-15-22(16-14-20)32-21-5-2-1-3-6-21/h1-3,5-6,9-16,23H,4,7-8,17H2.